The van der Waals surface area contributed by atoms with Crippen LogP contribution in [0.4, 0.5) is 4.79 Å². The summed E-state index contributed by atoms with van der Waals surface area (Å²) in [5.74, 6) is -0.271. The van der Waals surface area contributed by atoms with Crippen LogP contribution in [-0.2, 0) is 16.9 Å². The number of hydrogen-bond donors (Lipinski definition) is 1. The summed E-state index contributed by atoms with van der Waals surface area (Å²) in [4.78, 5) is 29.9. The maximum atomic E-state index is 13.7. The fourth-order valence-corrected chi connectivity index (χ4v) is 4.10. The average molecular weight is 464 g/mol. The first-order valence-corrected chi connectivity index (χ1v) is 10.5. The molecule has 3 amide bonds. The van der Waals surface area contributed by atoms with E-state index in [1.807, 2.05) is 96.9 Å². The first-order valence-electron chi connectivity index (χ1n) is 9.69. The van der Waals surface area contributed by atoms with Gasteiger partial charge >= 0.3 is 6.03 Å². The fraction of sp³-hybridized carbons (Fsp3) is 0.167. The molecule has 6 heteroatoms. The standard InChI is InChI=1S/C24H22BrN3O2/c1-27(16-18-12-14-21(25)15-13-18)17-28-22(29)24(26-23(28)30,19-8-4-2-5-9-19)20-10-6-3-7-11-20/h2-15H,16-17H2,1H3,(H,26,30). The molecule has 3 aromatic carbocycles. The van der Waals surface area contributed by atoms with E-state index >= 15 is 0 Å². The van der Waals surface area contributed by atoms with Gasteiger partial charge in [0.25, 0.3) is 5.91 Å². The number of halogens is 1. The van der Waals surface area contributed by atoms with Crippen LogP contribution in [0.5, 0.6) is 0 Å². The summed E-state index contributed by atoms with van der Waals surface area (Å²) >= 11 is 3.44. The average Bonchev–Trinajstić information content (AvgIpc) is 3.02. The van der Waals surface area contributed by atoms with E-state index in [-0.39, 0.29) is 12.6 Å². The van der Waals surface area contributed by atoms with Gasteiger partial charge in [-0.2, -0.15) is 0 Å². The van der Waals surface area contributed by atoms with E-state index in [4.69, 9.17) is 0 Å². The molecule has 3 aromatic rings. The van der Waals surface area contributed by atoms with Crippen LogP contribution in [0.3, 0.4) is 0 Å². The molecule has 1 fully saturated rings. The first-order chi connectivity index (χ1) is 14.5. The molecule has 1 aliphatic rings. The third-order valence-electron chi connectivity index (χ3n) is 5.27. The number of benzene rings is 3. The van der Waals surface area contributed by atoms with E-state index in [1.165, 1.54) is 4.90 Å². The van der Waals surface area contributed by atoms with Crippen LogP contribution in [0.2, 0.25) is 0 Å². The number of carbonyl (C=O) groups excluding carboxylic acids is 2. The lowest BCUT2D eigenvalue weighted by atomic mass is 9.83. The number of amides is 3. The zero-order valence-electron chi connectivity index (χ0n) is 16.6. The van der Waals surface area contributed by atoms with Crippen molar-refractivity contribution in [1.29, 1.82) is 0 Å². The van der Waals surface area contributed by atoms with Gasteiger partial charge in [0, 0.05) is 11.0 Å². The molecule has 0 atom stereocenters. The molecule has 0 radical (unpaired) electrons. The number of imide groups is 1. The molecule has 0 aromatic heterocycles. The van der Waals surface area contributed by atoms with Gasteiger partial charge in [0.1, 0.15) is 0 Å². The highest BCUT2D eigenvalue weighted by Gasteiger charge is 2.53. The molecule has 0 saturated carbocycles. The highest BCUT2D eigenvalue weighted by atomic mass is 79.9. The maximum Gasteiger partial charge on any atom is 0.326 e. The molecular weight excluding hydrogens is 442 g/mol. The molecule has 0 unspecified atom stereocenters. The van der Waals surface area contributed by atoms with E-state index in [1.54, 1.807) is 0 Å². The van der Waals surface area contributed by atoms with Crippen LogP contribution >= 0.6 is 15.9 Å². The summed E-state index contributed by atoms with van der Waals surface area (Å²) in [5, 5.41) is 2.98. The van der Waals surface area contributed by atoms with E-state index in [0.29, 0.717) is 6.54 Å². The monoisotopic (exact) mass is 463 g/mol. The Kier molecular flexibility index (Phi) is 5.70. The Balaban J connectivity index is 1.63. The Morgan fingerprint density at radius 1 is 0.867 bits per heavy atom. The molecule has 1 saturated heterocycles. The zero-order valence-corrected chi connectivity index (χ0v) is 18.2. The van der Waals surface area contributed by atoms with Crippen molar-refractivity contribution in [1.82, 2.24) is 15.1 Å². The third-order valence-corrected chi connectivity index (χ3v) is 5.80. The lowest BCUT2D eigenvalue weighted by Gasteiger charge is -2.28. The zero-order chi connectivity index (χ0) is 21.1. The summed E-state index contributed by atoms with van der Waals surface area (Å²) < 4.78 is 1.01. The van der Waals surface area contributed by atoms with Crippen molar-refractivity contribution in [3.8, 4) is 0 Å². The van der Waals surface area contributed by atoms with Crippen LogP contribution in [0, 0.1) is 0 Å². The van der Waals surface area contributed by atoms with Gasteiger partial charge in [-0.15, -0.1) is 0 Å². The summed E-state index contributed by atoms with van der Waals surface area (Å²) in [7, 11) is 1.90. The number of urea groups is 1. The molecule has 1 heterocycles. The topological polar surface area (TPSA) is 52.6 Å². The Labute approximate surface area is 184 Å². The number of carbonyl (C=O) groups is 2. The van der Waals surface area contributed by atoms with Gasteiger partial charge in [-0.05, 0) is 35.9 Å². The van der Waals surface area contributed by atoms with Crippen LogP contribution in [-0.4, -0.2) is 35.5 Å². The predicted molar refractivity (Wildman–Crippen MR) is 120 cm³/mol. The number of nitrogens with zero attached hydrogens (tertiary/aromatic N) is 2. The predicted octanol–water partition coefficient (Wildman–Crippen LogP) is 4.33. The third kappa shape index (κ3) is 3.76. The van der Waals surface area contributed by atoms with Gasteiger partial charge in [0.2, 0.25) is 0 Å². The smallest absolute Gasteiger partial charge is 0.315 e. The number of nitrogens with one attached hydrogen (secondary N) is 1. The Hall–Kier alpha value is -2.96. The summed E-state index contributed by atoms with van der Waals surface area (Å²) in [6.45, 7) is 0.816. The van der Waals surface area contributed by atoms with Gasteiger partial charge in [0.05, 0.1) is 6.67 Å². The van der Waals surface area contributed by atoms with Gasteiger partial charge in [-0.3, -0.25) is 9.69 Å². The van der Waals surface area contributed by atoms with Crippen molar-refractivity contribution in [3.05, 3.63) is 106 Å². The van der Waals surface area contributed by atoms with Crippen molar-refractivity contribution in [2.75, 3.05) is 13.7 Å². The molecule has 4 rings (SSSR count). The van der Waals surface area contributed by atoms with Crippen molar-refractivity contribution in [2.45, 2.75) is 12.1 Å². The minimum absolute atomic E-state index is 0.197. The number of hydrogen-bond acceptors (Lipinski definition) is 3. The van der Waals surface area contributed by atoms with E-state index < -0.39 is 11.6 Å². The second-order valence-electron chi connectivity index (χ2n) is 7.43. The highest BCUT2D eigenvalue weighted by molar-refractivity contribution is 9.10. The van der Waals surface area contributed by atoms with Crippen LogP contribution in [0.15, 0.2) is 89.4 Å². The van der Waals surface area contributed by atoms with E-state index in [9.17, 15) is 9.59 Å². The molecule has 152 valence electrons. The molecule has 1 aliphatic heterocycles. The Morgan fingerprint density at radius 3 is 1.93 bits per heavy atom. The van der Waals surface area contributed by atoms with Gasteiger partial charge in [0.15, 0.2) is 5.54 Å². The lowest BCUT2D eigenvalue weighted by molar-refractivity contribution is -0.131. The van der Waals surface area contributed by atoms with E-state index in [2.05, 4.69) is 21.2 Å². The minimum Gasteiger partial charge on any atom is -0.315 e. The molecule has 5 nitrogen and oxygen atoms in total. The fourth-order valence-electron chi connectivity index (χ4n) is 3.83. The Morgan fingerprint density at radius 2 is 1.40 bits per heavy atom. The largest absolute Gasteiger partial charge is 0.326 e. The Bertz CT molecular complexity index is 1000. The molecule has 0 bridgehead atoms. The quantitative estimate of drug-likeness (QED) is 0.553. The van der Waals surface area contributed by atoms with Crippen molar-refractivity contribution < 1.29 is 9.59 Å². The van der Waals surface area contributed by atoms with E-state index in [0.717, 1.165) is 21.2 Å². The first kappa shape index (κ1) is 20.3. The second-order valence-corrected chi connectivity index (χ2v) is 8.34. The lowest BCUT2D eigenvalue weighted by Crippen LogP contribution is -2.46. The maximum absolute atomic E-state index is 13.7. The van der Waals surface area contributed by atoms with Crippen LogP contribution < -0.4 is 5.32 Å². The normalized spacial score (nSPS) is 15.5. The van der Waals surface area contributed by atoms with Gasteiger partial charge in [-0.1, -0.05) is 88.7 Å². The molecule has 0 spiro atoms. The highest BCUT2D eigenvalue weighted by Crippen LogP contribution is 2.36. The summed E-state index contributed by atoms with van der Waals surface area (Å²) in [5.41, 5.74) is 1.36. The molecule has 0 aliphatic carbocycles. The second kappa shape index (κ2) is 8.42. The molecular formula is C24H22BrN3O2. The molecule has 30 heavy (non-hydrogen) atoms. The molecule has 1 N–H and O–H groups in total. The SMILES string of the molecule is CN(Cc1ccc(Br)cc1)CN1C(=O)NC(c2ccccc2)(c2ccccc2)C1=O. The van der Waals surface area contributed by atoms with Crippen molar-refractivity contribution in [3.63, 3.8) is 0 Å². The summed E-state index contributed by atoms with van der Waals surface area (Å²) in [6, 6.07) is 26.4. The van der Waals surface area contributed by atoms with Gasteiger partial charge in [-0.25, -0.2) is 9.69 Å². The van der Waals surface area contributed by atoms with Crippen LogP contribution in [0.25, 0.3) is 0 Å². The summed E-state index contributed by atoms with van der Waals surface area (Å²) in [6.07, 6.45) is 0. The van der Waals surface area contributed by atoms with Crippen LogP contribution in [0.1, 0.15) is 16.7 Å². The number of rotatable bonds is 6. The van der Waals surface area contributed by atoms with Gasteiger partial charge < -0.3 is 5.32 Å². The minimum atomic E-state index is -1.22. The van der Waals surface area contributed by atoms with Crippen molar-refractivity contribution >= 4 is 27.9 Å². The van der Waals surface area contributed by atoms with Crippen molar-refractivity contribution in [2.24, 2.45) is 0 Å².